The summed E-state index contributed by atoms with van der Waals surface area (Å²) in [5.74, 6) is -1.07. The van der Waals surface area contributed by atoms with Crippen molar-refractivity contribution in [2.75, 3.05) is 13.2 Å². The molecule has 28 heavy (non-hydrogen) atoms. The molecular weight excluding hydrogens is 404 g/mol. The second kappa shape index (κ2) is 10.0. The largest absolute Gasteiger partial charge is 0.452 e. The molecule has 0 unspecified atom stereocenters. The fraction of sp³-hybridized carbons (Fsp3) is 0.158. The highest BCUT2D eigenvalue weighted by molar-refractivity contribution is 7.89. The summed E-state index contributed by atoms with van der Waals surface area (Å²) >= 11 is 5.78. The summed E-state index contributed by atoms with van der Waals surface area (Å²) in [5.41, 5.74) is 1.61. The first-order chi connectivity index (χ1) is 13.2. The molecule has 0 atom stereocenters. The van der Waals surface area contributed by atoms with Gasteiger partial charge >= 0.3 is 5.97 Å². The minimum absolute atomic E-state index is 0.0267. The van der Waals surface area contributed by atoms with E-state index in [1.165, 1.54) is 18.2 Å². The van der Waals surface area contributed by atoms with E-state index < -0.39 is 28.5 Å². The molecule has 0 heterocycles. The fourth-order valence-corrected chi connectivity index (χ4v) is 2.81. The van der Waals surface area contributed by atoms with Crippen LogP contribution in [0.5, 0.6) is 0 Å². The minimum Gasteiger partial charge on any atom is -0.452 e. The van der Waals surface area contributed by atoms with E-state index in [4.69, 9.17) is 21.5 Å². The lowest BCUT2D eigenvalue weighted by Crippen LogP contribution is -2.30. The maximum atomic E-state index is 11.7. The Morgan fingerprint density at radius 1 is 1.07 bits per heavy atom. The van der Waals surface area contributed by atoms with Crippen molar-refractivity contribution in [2.45, 2.75) is 11.3 Å². The number of amides is 1. The predicted octanol–water partition coefficient (Wildman–Crippen LogP) is 1.90. The van der Waals surface area contributed by atoms with Gasteiger partial charge in [0.1, 0.15) is 0 Å². The number of esters is 1. The van der Waals surface area contributed by atoms with Crippen molar-refractivity contribution >= 4 is 39.6 Å². The number of hydrogen-bond donors (Lipinski definition) is 2. The molecule has 2 aromatic carbocycles. The molecule has 3 N–H and O–H groups in total. The first kappa shape index (κ1) is 21.6. The van der Waals surface area contributed by atoms with E-state index in [9.17, 15) is 18.0 Å². The number of benzene rings is 2. The van der Waals surface area contributed by atoms with Gasteiger partial charge in [0.2, 0.25) is 10.0 Å². The van der Waals surface area contributed by atoms with E-state index >= 15 is 0 Å². The number of ether oxygens (including phenoxy) is 1. The predicted molar refractivity (Wildman–Crippen MR) is 106 cm³/mol. The Hall–Kier alpha value is -2.68. The van der Waals surface area contributed by atoms with Gasteiger partial charge in [-0.05, 0) is 47.9 Å². The van der Waals surface area contributed by atoms with Crippen LogP contribution in [0.25, 0.3) is 6.08 Å². The molecule has 0 saturated heterocycles. The molecule has 2 aromatic rings. The third kappa shape index (κ3) is 7.51. The fourth-order valence-electron chi connectivity index (χ4n) is 2.17. The Bertz CT molecular complexity index is 955. The number of sulfonamides is 1. The summed E-state index contributed by atoms with van der Waals surface area (Å²) in [6.45, 7) is -0.0835. The van der Waals surface area contributed by atoms with E-state index in [0.29, 0.717) is 18.0 Å². The standard InChI is InChI=1S/C19H19ClN2O5S/c20-16-6-1-14(2-7-16)5-10-19(24)27-13-18(23)22-12-11-15-3-8-17(9-4-15)28(21,25)26/h1-10H,11-13H2,(H,22,23)(H2,21,25,26)/b10-5+. The van der Waals surface area contributed by atoms with Crippen molar-refractivity contribution in [1.82, 2.24) is 5.32 Å². The number of nitrogens with one attached hydrogen (secondary N) is 1. The molecular formula is C19H19ClN2O5S. The lowest BCUT2D eigenvalue weighted by atomic mass is 10.1. The zero-order valence-electron chi connectivity index (χ0n) is 14.8. The molecule has 0 saturated carbocycles. The van der Waals surface area contributed by atoms with E-state index in [-0.39, 0.29) is 4.90 Å². The highest BCUT2D eigenvalue weighted by atomic mass is 35.5. The maximum Gasteiger partial charge on any atom is 0.331 e. The number of nitrogens with two attached hydrogens (primary N) is 1. The molecule has 7 nitrogen and oxygen atoms in total. The third-order valence-corrected chi connectivity index (χ3v) is 4.80. The van der Waals surface area contributed by atoms with Gasteiger partial charge in [-0.2, -0.15) is 0 Å². The van der Waals surface area contributed by atoms with E-state index in [1.54, 1.807) is 42.5 Å². The molecule has 0 fully saturated rings. The Morgan fingerprint density at radius 3 is 2.32 bits per heavy atom. The molecule has 9 heteroatoms. The minimum atomic E-state index is -3.72. The van der Waals surface area contributed by atoms with E-state index in [2.05, 4.69) is 5.32 Å². The van der Waals surface area contributed by atoms with Gasteiger partial charge in [0.25, 0.3) is 5.91 Å². The molecule has 0 aliphatic rings. The summed E-state index contributed by atoms with van der Waals surface area (Å²) in [7, 11) is -3.72. The summed E-state index contributed by atoms with van der Waals surface area (Å²) in [5, 5.41) is 8.24. The van der Waals surface area contributed by atoms with Crippen molar-refractivity contribution in [2.24, 2.45) is 5.14 Å². The molecule has 0 aliphatic carbocycles. The summed E-state index contributed by atoms with van der Waals surface area (Å²) in [6.07, 6.45) is 3.27. The topological polar surface area (TPSA) is 116 Å². The monoisotopic (exact) mass is 422 g/mol. The quantitative estimate of drug-likeness (QED) is 0.498. The summed E-state index contributed by atoms with van der Waals surface area (Å²) < 4.78 is 27.2. The van der Waals surface area contributed by atoms with Gasteiger partial charge in [-0.25, -0.2) is 18.4 Å². The zero-order valence-corrected chi connectivity index (χ0v) is 16.4. The number of primary sulfonamides is 1. The average molecular weight is 423 g/mol. The smallest absolute Gasteiger partial charge is 0.331 e. The van der Waals surface area contributed by atoms with Gasteiger partial charge in [-0.3, -0.25) is 4.79 Å². The van der Waals surface area contributed by atoms with Gasteiger partial charge in [0, 0.05) is 17.6 Å². The molecule has 2 rings (SSSR count). The van der Waals surface area contributed by atoms with Crippen LogP contribution in [0, 0.1) is 0 Å². The van der Waals surface area contributed by atoms with Gasteiger partial charge in [0.15, 0.2) is 6.61 Å². The highest BCUT2D eigenvalue weighted by Gasteiger charge is 2.07. The molecule has 148 valence electrons. The lowest BCUT2D eigenvalue weighted by molar-refractivity contribution is -0.143. The van der Waals surface area contributed by atoms with Crippen LogP contribution in [0.2, 0.25) is 5.02 Å². The molecule has 0 aliphatic heterocycles. The second-order valence-corrected chi connectivity index (χ2v) is 7.78. The van der Waals surface area contributed by atoms with Gasteiger partial charge in [-0.15, -0.1) is 0 Å². The number of rotatable bonds is 8. The van der Waals surface area contributed by atoms with Crippen LogP contribution in [0.4, 0.5) is 0 Å². The Labute approximate surface area is 168 Å². The van der Waals surface area contributed by atoms with Crippen molar-refractivity contribution in [3.8, 4) is 0 Å². The van der Waals surface area contributed by atoms with Gasteiger partial charge in [0.05, 0.1) is 4.90 Å². The molecule has 0 aromatic heterocycles. The van der Waals surface area contributed by atoms with Crippen molar-refractivity contribution in [3.63, 3.8) is 0 Å². The zero-order chi connectivity index (χ0) is 20.6. The average Bonchev–Trinajstić information content (AvgIpc) is 2.65. The lowest BCUT2D eigenvalue weighted by Gasteiger charge is -2.06. The van der Waals surface area contributed by atoms with Crippen molar-refractivity contribution in [1.29, 1.82) is 0 Å². The first-order valence-electron chi connectivity index (χ1n) is 8.23. The van der Waals surface area contributed by atoms with Gasteiger partial charge < -0.3 is 10.1 Å². The van der Waals surface area contributed by atoms with Crippen molar-refractivity contribution in [3.05, 3.63) is 70.8 Å². The van der Waals surface area contributed by atoms with Crippen LogP contribution in [0.3, 0.4) is 0 Å². The van der Waals surface area contributed by atoms with Gasteiger partial charge in [-0.1, -0.05) is 35.9 Å². The Kier molecular flexibility index (Phi) is 7.74. The molecule has 0 bridgehead atoms. The molecule has 0 radical (unpaired) electrons. The maximum absolute atomic E-state index is 11.7. The molecule has 0 spiro atoms. The summed E-state index contributed by atoms with van der Waals surface area (Å²) in [6, 6.07) is 12.9. The Balaban J connectivity index is 1.69. The number of halogens is 1. The normalized spacial score (nSPS) is 11.4. The van der Waals surface area contributed by atoms with Crippen LogP contribution < -0.4 is 10.5 Å². The van der Waals surface area contributed by atoms with Crippen LogP contribution in [-0.4, -0.2) is 33.4 Å². The van der Waals surface area contributed by atoms with E-state index in [1.807, 2.05) is 0 Å². The van der Waals surface area contributed by atoms with Crippen LogP contribution in [0.15, 0.2) is 59.5 Å². The van der Waals surface area contributed by atoms with Crippen LogP contribution in [0.1, 0.15) is 11.1 Å². The van der Waals surface area contributed by atoms with Crippen molar-refractivity contribution < 1.29 is 22.7 Å². The highest BCUT2D eigenvalue weighted by Crippen LogP contribution is 2.11. The van der Waals surface area contributed by atoms with E-state index in [0.717, 1.165) is 11.1 Å². The first-order valence-corrected chi connectivity index (χ1v) is 10.2. The Morgan fingerprint density at radius 2 is 1.71 bits per heavy atom. The SMILES string of the molecule is NS(=O)(=O)c1ccc(CCNC(=O)COC(=O)/C=C/c2ccc(Cl)cc2)cc1. The molecule has 1 amide bonds. The summed E-state index contributed by atoms with van der Waals surface area (Å²) in [4.78, 5) is 23.4. The van der Waals surface area contributed by atoms with Crippen LogP contribution in [-0.2, 0) is 30.8 Å². The third-order valence-electron chi connectivity index (χ3n) is 3.62. The van der Waals surface area contributed by atoms with Crippen LogP contribution >= 0.6 is 11.6 Å². The second-order valence-electron chi connectivity index (χ2n) is 5.78. The number of carbonyl (C=O) groups is 2. The number of hydrogen-bond acceptors (Lipinski definition) is 5. The number of carbonyl (C=O) groups excluding carboxylic acids is 2.